The largest absolute Gasteiger partial charge is 0.382 e. The Balaban J connectivity index is 0.00000320. The molecule has 1 atom stereocenters. The molecule has 1 aliphatic heterocycles. The van der Waals surface area contributed by atoms with Gasteiger partial charge in [0.15, 0.2) is 5.96 Å². The smallest absolute Gasteiger partial charge is 0.191 e. The second-order valence-corrected chi connectivity index (χ2v) is 8.30. The van der Waals surface area contributed by atoms with Crippen LogP contribution in [0.3, 0.4) is 0 Å². The van der Waals surface area contributed by atoms with Gasteiger partial charge in [0.2, 0.25) is 0 Å². The fourth-order valence-corrected chi connectivity index (χ4v) is 4.65. The molecule has 2 aromatic rings. The summed E-state index contributed by atoms with van der Waals surface area (Å²) in [6.45, 7) is 7.52. The third-order valence-corrected chi connectivity index (χ3v) is 6.38. The summed E-state index contributed by atoms with van der Waals surface area (Å²) < 4.78 is 5.40. The number of hydrogen-bond donors (Lipinski definition) is 2. The highest BCUT2D eigenvalue weighted by Gasteiger charge is 2.25. The van der Waals surface area contributed by atoms with Crippen LogP contribution in [0.2, 0.25) is 0 Å². The first-order chi connectivity index (χ1) is 14.3. The average Bonchev–Trinajstić information content (AvgIpc) is 3.23. The monoisotopic (exact) mass is 542 g/mol. The molecule has 0 bridgehead atoms. The number of nitrogens with zero attached hydrogens (tertiary/aromatic N) is 2. The second kappa shape index (κ2) is 14.0. The third kappa shape index (κ3) is 7.51. The van der Waals surface area contributed by atoms with Crippen molar-refractivity contribution in [1.29, 1.82) is 0 Å². The molecule has 2 N–H and O–H groups in total. The molecule has 0 amide bonds. The summed E-state index contributed by atoms with van der Waals surface area (Å²) in [6.07, 6.45) is 3.29. The first kappa shape index (κ1) is 25.1. The average molecular weight is 543 g/mol. The van der Waals surface area contributed by atoms with E-state index >= 15 is 0 Å². The van der Waals surface area contributed by atoms with Gasteiger partial charge in [-0.1, -0.05) is 30.3 Å². The van der Waals surface area contributed by atoms with Crippen LogP contribution in [0, 0.1) is 0 Å². The summed E-state index contributed by atoms with van der Waals surface area (Å²) in [5, 5.41) is 9.21. The van der Waals surface area contributed by atoms with Gasteiger partial charge in [0.25, 0.3) is 0 Å². The number of benzene rings is 1. The molecule has 0 fully saturated rings. The Kier molecular flexibility index (Phi) is 11.7. The molecule has 1 unspecified atom stereocenters. The van der Waals surface area contributed by atoms with Crippen molar-refractivity contribution in [1.82, 2.24) is 15.5 Å². The maximum absolute atomic E-state index is 5.40. The van der Waals surface area contributed by atoms with Gasteiger partial charge in [-0.05, 0) is 48.8 Å². The number of thiophene rings is 1. The number of unbranched alkanes of at least 4 members (excludes halogenated alkanes) is 1. The van der Waals surface area contributed by atoms with E-state index in [-0.39, 0.29) is 24.0 Å². The summed E-state index contributed by atoms with van der Waals surface area (Å²) in [6, 6.07) is 13.4. The molecule has 2 heterocycles. The van der Waals surface area contributed by atoms with Crippen LogP contribution in [0.5, 0.6) is 0 Å². The van der Waals surface area contributed by atoms with Crippen molar-refractivity contribution in [3.05, 3.63) is 57.8 Å². The lowest BCUT2D eigenvalue weighted by molar-refractivity contribution is 0.143. The molecule has 0 spiro atoms. The van der Waals surface area contributed by atoms with Gasteiger partial charge < -0.3 is 15.4 Å². The zero-order chi connectivity index (χ0) is 20.3. The number of fused-ring (bicyclic) bond motifs is 1. The van der Waals surface area contributed by atoms with Crippen LogP contribution in [0.25, 0.3) is 0 Å². The number of nitrogens with one attached hydrogen (secondary N) is 2. The number of aliphatic imine (C=N–C) groups is 1. The van der Waals surface area contributed by atoms with E-state index < -0.39 is 0 Å². The van der Waals surface area contributed by atoms with E-state index in [1.165, 1.54) is 11.1 Å². The predicted molar refractivity (Wildman–Crippen MR) is 138 cm³/mol. The van der Waals surface area contributed by atoms with Crippen molar-refractivity contribution in [2.75, 3.05) is 39.9 Å². The van der Waals surface area contributed by atoms with Gasteiger partial charge in [-0.2, -0.15) is 0 Å². The first-order valence-corrected chi connectivity index (χ1v) is 11.6. The number of rotatable bonds is 10. The van der Waals surface area contributed by atoms with E-state index in [0.29, 0.717) is 6.04 Å². The van der Waals surface area contributed by atoms with Gasteiger partial charge in [0.1, 0.15) is 0 Å². The molecule has 0 radical (unpaired) electrons. The fourth-order valence-electron chi connectivity index (χ4n) is 3.76. The van der Waals surface area contributed by atoms with E-state index in [9.17, 15) is 0 Å². The Morgan fingerprint density at radius 2 is 2.03 bits per heavy atom. The third-order valence-electron chi connectivity index (χ3n) is 5.36. The molecule has 7 heteroatoms. The Labute approximate surface area is 202 Å². The van der Waals surface area contributed by atoms with Gasteiger partial charge in [-0.25, -0.2) is 0 Å². The van der Waals surface area contributed by atoms with E-state index in [1.54, 1.807) is 4.88 Å². The predicted octanol–water partition coefficient (Wildman–Crippen LogP) is 4.45. The van der Waals surface area contributed by atoms with Crippen molar-refractivity contribution in [2.24, 2.45) is 4.99 Å². The highest BCUT2D eigenvalue weighted by molar-refractivity contribution is 14.0. The lowest BCUT2D eigenvalue weighted by Crippen LogP contribution is -2.44. The van der Waals surface area contributed by atoms with Crippen LogP contribution in [0.4, 0.5) is 0 Å². The number of guanidine groups is 1. The minimum absolute atomic E-state index is 0. The zero-order valence-corrected chi connectivity index (χ0v) is 21.2. The van der Waals surface area contributed by atoms with Crippen LogP contribution >= 0.6 is 35.3 Å². The molecular weight excluding hydrogens is 507 g/mol. The molecule has 0 aliphatic carbocycles. The topological polar surface area (TPSA) is 48.9 Å². The van der Waals surface area contributed by atoms with Gasteiger partial charge in [-0.15, -0.1) is 35.3 Å². The number of halogens is 1. The van der Waals surface area contributed by atoms with E-state index in [1.807, 2.05) is 25.3 Å². The highest BCUT2D eigenvalue weighted by Crippen LogP contribution is 2.30. The van der Waals surface area contributed by atoms with Crippen molar-refractivity contribution >= 4 is 41.3 Å². The van der Waals surface area contributed by atoms with Gasteiger partial charge in [-0.3, -0.25) is 9.89 Å². The SMILES string of the molecule is CCOCCCCNC(=NC)NCC(c1ccccc1)N1CCc2sccc2C1.I. The van der Waals surface area contributed by atoms with Crippen molar-refractivity contribution < 1.29 is 4.74 Å². The summed E-state index contributed by atoms with van der Waals surface area (Å²) in [5.74, 6) is 0.871. The Hall–Kier alpha value is -1.16. The molecule has 166 valence electrons. The molecule has 1 aromatic carbocycles. The van der Waals surface area contributed by atoms with E-state index in [0.717, 1.165) is 64.6 Å². The Morgan fingerprint density at radius 1 is 1.20 bits per heavy atom. The molecule has 1 aliphatic rings. The maximum atomic E-state index is 5.40. The molecule has 1 aromatic heterocycles. The van der Waals surface area contributed by atoms with Crippen LogP contribution in [-0.2, 0) is 17.7 Å². The molecule has 0 saturated heterocycles. The van der Waals surface area contributed by atoms with Crippen molar-refractivity contribution in [3.8, 4) is 0 Å². The Morgan fingerprint density at radius 3 is 2.80 bits per heavy atom. The van der Waals surface area contributed by atoms with Crippen LogP contribution < -0.4 is 10.6 Å². The van der Waals surface area contributed by atoms with Gasteiger partial charge >= 0.3 is 0 Å². The van der Waals surface area contributed by atoms with E-state index in [2.05, 4.69) is 62.3 Å². The minimum Gasteiger partial charge on any atom is -0.382 e. The van der Waals surface area contributed by atoms with Crippen LogP contribution in [0.15, 0.2) is 46.8 Å². The summed E-state index contributed by atoms with van der Waals surface area (Å²) >= 11 is 1.89. The summed E-state index contributed by atoms with van der Waals surface area (Å²) in [4.78, 5) is 8.54. The molecule has 5 nitrogen and oxygen atoms in total. The van der Waals surface area contributed by atoms with Gasteiger partial charge in [0, 0.05) is 51.3 Å². The lowest BCUT2D eigenvalue weighted by atomic mass is 10.0. The van der Waals surface area contributed by atoms with Crippen molar-refractivity contribution in [2.45, 2.75) is 38.8 Å². The second-order valence-electron chi connectivity index (χ2n) is 7.30. The fraction of sp³-hybridized carbons (Fsp3) is 0.522. The molecule has 3 rings (SSSR count). The number of hydrogen-bond acceptors (Lipinski definition) is 4. The zero-order valence-electron chi connectivity index (χ0n) is 18.1. The molecule has 0 saturated carbocycles. The molecule has 30 heavy (non-hydrogen) atoms. The normalized spacial score (nSPS) is 15.2. The van der Waals surface area contributed by atoms with Crippen molar-refractivity contribution in [3.63, 3.8) is 0 Å². The first-order valence-electron chi connectivity index (χ1n) is 10.7. The summed E-state index contributed by atoms with van der Waals surface area (Å²) in [7, 11) is 1.84. The number of ether oxygens (including phenoxy) is 1. The quantitative estimate of drug-likeness (QED) is 0.202. The minimum atomic E-state index is 0. The van der Waals surface area contributed by atoms with E-state index in [4.69, 9.17) is 4.74 Å². The maximum Gasteiger partial charge on any atom is 0.191 e. The Bertz CT molecular complexity index is 753. The molecular formula is C23H35IN4OS. The standard InChI is InChI=1S/C23H34N4OS.HI/c1-3-28-15-8-7-13-25-23(24-2)26-17-21(19-9-5-4-6-10-19)27-14-11-22-20(18-27)12-16-29-22;/h4-6,9-10,12,16,21H,3,7-8,11,13-15,17-18H2,1-2H3,(H2,24,25,26);1H. The highest BCUT2D eigenvalue weighted by atomic mass is 127. The summed E-state index contributed by atoms with van der Waals surface area (Å²) in [5.41, 5.74) is 2.84. The van der Waals surface area contributed by atoms with Gasteiger partial charge in [0.05, 0.1) is 6.04 Å². The van der Waals surface area contributed by atoms with Crippen LogP contribution in [0.1, 0.15) is 41.8 Å². The van der Waals surface area contributed by atoms with Crippen LogP contribution in [-0.4, -0.2) is 50.8 Å². The lowest BCUT2D eigenvalue weighted by Gasteiger charge is -2.35.